The molecule has 0 aliphatic heterocycles. The lowest BCUT2D eigenvalue weighted by molar-refractivity contribution is 0.529. The summed E-state index contributed by atoms with van der Waals surface area (Å²) < 4.78 is 4.13. The van der Waals surface area contributed by atoms with Crippen LogP contribution in [0.1, 0.15) is 38.5 Å². The number of aryl methyl sites for hydroxylation is 2. The van der Waals surface area contributed by atoms with Crippen LogP contribution in [-0.2, 0) is 13.1 Å². The number of hydrogen-bond donors (Lipinski definition) is 0. The van der Waals surface area contributed by atoms with E-state index in [1.54, 1.807) is 24.3 Å². The maximum absolute atomic E-state index is 11.0. The maximum Gasteiger partial charge on any atom is 0.181 e. The van der Waals surface area contributed by atoms with E-state index in [2.05, 4.69) is 9.13 Å². The lowest BCUT2D eigenvalue weighted by Gasteiger charge is -2.06. The minimum Gasteiger partial charge on any atom is -0.354 e. The predicted octanol–water partition coefficient (Wildman–Crippen LogP) is 3.05. The van der Waals surface area contributed by atoms with Gasteiger partial charge < -0.3 is 9.13 Å². The van der Waals surface area contributed by atoms with Crippen molar-refractivity contribution < 1.29 is 0 Å². The Kier molecular flexibility index (Phi) is 6.68. The van der Waals surface area contributed by atoms with Crippen molar-refractivity contribution in [2.45, 2.75) is 51.6 Å². The van der Waals surface area contributed by atoms with Crippen LogP contribution in [-0.4, -0.2) is 9.13 Å². The SMILES string of the molecule is O=c1ccn(CCCCCCCCn2ccc(=O)cc2)cc1. The Bertz CT molecular complexity index is 573. The van der Waals surface area contributed by atoms with Crippen molar-refractivity contribution in [1.82, 2.24) is 9.13 Å². The smallest absolute Gasteiger partial charge is 0.181 e. The van der Waals surface area contributed by atoms with Crippen LogP contribution in [0.4, 0.5) is 0 Å². The van der Waals surface area contributed by atoms with E-state index in [1.807, 2.05) is 24.8 Å². The molecule has 2 rings (SSSR count). The zero-order valence-corrected chi connectivity index (χ0v) is 13.0. The zero-order chi connectivity index (χ0) is 15.6. The molecule has 0 N–H and O–H groups in total. The van der Waals surface area contributed by atoms with Gasteiger partial charge in [-0.25, -0.2) is 0 Å². The lowest BCUT2D eigenvalue weighted by atomic mass is 10.1. The average Bonchev–Trinajstić information content (AvgIpc) is 2.53. The third kappa shape index (κ3) is 6.12. The van der Waals surface area contributed by atoms with E-state index in [0.29, 0.717) is 0 Å². The van der Waals surface area contributed by atoms with E-state index >= 15 is 0 Å². The van der Waals surface area contributed by atoms with Gasteiger partial charge in [0.1, 0.15) is 0 Å². The molecule has 0 atom stereocenters. The molecule has 0 fully saturated rings. The highest BCUT2D eigenvalue weighted by molar-refractivity contribution is 4.94. The van der Waals surface area contributed by atoms with Crippen molar-refractivity contribution in [1.29, 1.82) is 0 Å². The fourth-order valence-corrected chi connectivity index (χ4v) is 2.48. The van der Waals surface area contributed by atoms with Crippen molar-refractivity contribution >= 4 is 0 Å². The number of rotatable bonds is 9. The fraction of sp³-hybridized carbons (Fsp3) is 0.444. The van der Waals surface area contributed by atoms with Crippen LogP contribution in [0.15, 0.2) is 58.6 Å². The highest BCUT2D eigenvalue weighted by Crippen LogP contribution is 2.07. The number of hydrogen-bond acceptors (Lipinski definition) is 2. The summed E-state index contributed by atoms with van der Waals surface area (Å²) in [6.07, 6.45) is 14.7. The van der Waals surface area contributed by atoms with E-state index in [9.17, 15) is 9.59 Å². The van der Waals surface area contributed by atoms with Crippen LogP contribution in [0, 0.1) is 0 Å². The van der Waals surface area contributed by atoms with E-state index in [-0.39, 0.29) is 10.9 Å². The van der Waals surface area contributed by atoms with Gasteiger partial charge in [0, 0.05) is 62.1 Å². The number of nitrogens with zero attached hydrogens (tertiary/aromatic N) is 2. The molecule has 0 unspecified atom stereocenters. The number of unbranched alkanes of at least 4 members (excludes halogenated alkanes) is 5. The molecule has 0 spiro atoms. The van der Waals surface area contributed by atoms with Gasteiger partial charge in [-0.3, -0.25) is 9.59 Å². The summed E-state index contributed by atoms with van der Waals surface area (Å²) in [5.41, 5.74) is 0.137. The van der Waals surface area contributed by atoms with Crippen LogP contribution in [0.2, 0.25) is 0 Å². The summed E-state index contributed by atoms with van der Waals surface area (Å²) in [5.74, 6) is 0. The minimum atomic E-state index is 0.0685. The Hall–Kier alpha value is -2.10. The third-order valence-corrected chi connectivity index (χ3v) is 3.80. The van der Waals surface area contributed by atoms with Crippen LogP contribution >= 0.6 is 0 Å². The molecule has 0 bridgehead atoms. The Morgan fingerprint density at radius 2 is 0.864 bits per heavy atom. The molecule has 2 heterocycles. The van der Waals surface area contributed by atoms with Crippen molar-refractivity contribution in [3.63, 3.8) is 0 Å². The van der Waals surface area contributed by atoms with E-state index in [0.717, 1.165) is 25.9 Å². The Labute approximate surface area is 131 Å². The predicted molar refractivity (Wildman–Crippen MR) is 89.1 cm³/mol. The van der Waals surface area contributed by atoms with Gasteiger partial charge in [-0.2, -0.15) is 0 Å². The van der Waals surface area contributed by atoms with Gasteiger partial charge in [-0.15, -0.1) is 0 Å². The van der Waals surface area contributed by atoms with Crippen LogP contribution in [0.3, 0.4) is 0 Å². The molecular weight excluding hydrogens is 276 g/mol. The summed E-state index contributed by atoms with van der Waals surface area (Å²) in [6.45, 7) is 1.97. The summed E-state index contributed by atoms with van der Waals surface area (Å²) in [5, 5.41) is 0. The lowest BCUT2D eigenvalue weighted by Crippen LogP contribution is -2.04. The minimum absolute atomic E-state index is 0.0685. The van der Waals surface area contributed by atoms with E-state index < -0.39 is 0 Å². The molecule has 0 saturated heterocycles. The molecule has 2 aromatic heterocycles. The third-order valence-electron chi connectivity index (χ3n) is 3.80. The first-order chi connectivity index (χ1) is 10.7. The van der Waals surface area contributed by atoms with Crippen LogP contribution < -0.4 is 10.9 Å². The Morgan fingerprint density at radius 3 is 1.23 bits per heavy atom. The summed E-state index contributed by atoms with van der Waals surface area (Å²) in [4.78, 5) is 22.0. The fourth-order valence-electron chi connectivity index (χ4n) is 2.48. The normalized spacial score (nSPS) is 10.7. The molecular formula is C18H24N2O2. The van der Waals surface area contributed by atoms with Crippen molar-refractivity contribution in [3.8, 4) is 0 Å². The summed E-state index contributed by atoms with van der Waals surface area (Å²) >= 11 is 0. The van der Waals surface area contributed by atoms with Gasteiger partial charge in [0.05, 0.1) is 0 Å². The molecule has 118 valence electrons. The van der Waals surface area contributed by atoms with Crippen molar-refractivity contribution in [3.05, 3.63) is 69.5 Å². The quantitative estimate of drug-likeness (QED) is 0.668. The molecule has 0 saturated carbocycles. The van der Waals surface area contributed by atoms with Crippen LogP contribution in [0.25, 0.3) is 0 Å². The standard InChI is InChI=1S/C18H24N2O2/c21-17-7-13-19(14-8-17)11-5-3-1-2-4-6-12-20-15-9-18(22)10-16-20/h7-10,13-16H,1-6,11-12H2. The van der Waals surface area contributed by atoms with Gasteiger partial charge >= 0.3 is 0 Å². The molecule has 4 nitrogen and oxygen atoms in total. The molecule has 0 aliphatic carbocycles. The summed E-state index contributed by atoms with van der Waals surface area (Å²) in [6, 6.07) is 6.43. The van der Waals surface area contributed by atoms with E-state index in [1.165, 1.54) is 25.7 Å². The molecule has 0 radical (unpaired) electrons. The maximum atomic E-state index is 11.0. The molecule has 4 heteroatoms. The Balaban J connectivity index is 1.49. The first kappa shape index (κ1) is 16.3. The number of pyridine rings is 2. The monoisotopic (exact) mass is 300 g/mol. The molecule has 0 aromatic carbocycles. The summed E-state index contributed by atoms with van der Waals surface area (Å²) in [7, 11) is 0. The van der Waals surface area contributed by atoms with Gasteiger partial charge in [0.25, 0.3) is 0 Å². The van der Waals surface area contributed by atoms with Crippen molar-refractivity contribution in [2.24, 2.45) is 0 Å². The second-order valence-electron chi connectivity index (χ2n) is 5.66. The topological polar surface area (TPSA) is 44.0 Å². The number of aromatic nitrogens is 2. The van der Waals surface area contributed by atoms with E-state index in [4.69, 9.17) is 0 Å². The van der Waals surface area contributed by atoms with Crippen LogP contribution in [0.5, 0.6) is 0 Å². The Morgan fingerprint density at radius 1 is 0.545 bits per heavy atom. The largest absolute Gasteiger partial charge is 0.354 e. The van der Waals surface area contributed by atoms with Gasteiger partial charge in [0.15, 0.2) is 10.9 Å². The zero-order valence-electron chi connectivity index (χ0n) is 13.0. The average molecular weight is 300 g/mol. The highest BCUT2D eigenvalue weighted by atomic mass is 16.1. The van der Waals surface area contributed by atoms with Gasteiger partial charge in [-0.05, 0) is 12.8 Å². The van der Waals surface area contributed by atoms with Gasteiger partial charge in [-0.1, -0.05) is 25.7 Å². The highest BCUT2D eigenvalue weighted by Gasteiger charge is 1.94. The van der Waals surface area contributed by atoms with Gasteiger partial charge in [0.2, 0.25) is 0 Å². The molecule has 0 amide bonds. The second kappa shape index (κ2) is 9.03. The molecule has 22 heavy (non-hydrogen) atoms. The first-order valence-electron chi connectivity index (χ1n) is 8.06. The molecule has 2 aromatic rings. The van der Waals surface area contributed by atoms with Crippen molar-refractivity contribution in [2.75, 3.05) is 0 Å². The first-order valence-corrected chi connectivity index (χ1v) is 8.06. The molecule has 0 aliphatic rings. The second-order valence-corrected chi connectivity index (χ2v) is 5.66.